The minimum Gasteiger partial charge on any atom is -0.395 e. The van der Waals surface area contributed by atoms with Gasteiger partial charge in [0.2, 0.25) is 5.95 Å². The predicted molar refractivity (Wildman–Crippen MR) is 145 cm³/mol. The number of aliphatic hydroxyl groups is 1. The first-order valence-corrected chi connectivity index (χ1v) is 12.8. The molecular weight excluding hydrogens is 464 g/mol. The van der Waals surface area contributed by atoms with Crippen molar-refractivity contribution in [3.05, 3.63) is 64.8 Å². The number of ether oxygens (including phenoxy) is 1. The number of nitrogens with one attached hydrogen (secondary N) is 2. The van der Waals surface area contributed by atoms with Crippen LogP contribution in [0.1, 0.15) is 43.0 Å². The van der Waals surface area contributed by atoms with Crippen LogP contribution in [0.3, 0.4) is 0 Å². The molecule has 2 unspecified atom stereocenters. The molecule has 192 valence electrons. The van der Waals surface area contributed by atoms with Crippen LogP contribution in [0.15, 0.2) is 42.6 Å². The molecule has 0 aliphatic carbocycles. The van der Waals surface area contributed by atoms with Crippen LogP contribution in [0.4, 0.5) is 17.3 Å². The van der Waals surface area contributed by atoms with E-state index in [1.807, 2.05) is 31.2 Å². The lowest BCUT2D eigenvalue weighted by molar-refractivity contribution is -0.0705. The molecule has 0 saturated carbocycles. The van der Waals surface area contributed by atoms with Gasteiger partial charge < -0.3 is 20.5 Å². The van der Waals surface area contributed by atoms with Crippen molar-refractivity contribution in [1.29, 1.82) is 5.26 Å². The Morgan fingerprint density at radius 2 is 2.03 bits per heavy atom. The average Bonchev–Trinajstić information content (AvgIpc) is 3.22. The lowest BCUT2D eigenvalue weighted by Gasteiger charge is -2.35. The lowest BCUT2D eigenvalue weighted by atomic mass is 9.83. The molecule has 3 N–H and O–H groups in total. The molecule has 37 heavy (non-hydrogen) atoms. The molecule has 8 heteroatoms. The predicted octanol–water partition coefficient (Wildman–Crippen LogP) is 4.35. The van der Waals surface area contributed by atoms with Gasteiger partial charge in [-0.05, 0) is 61.7 Å². The third-order valence-corrected chi connectivity index (χ3v) is 7.45. The summed E-state index contributed by atoms with van der Waals surface area (Å²) < 4.78 is 5.89. The summed E-state index contributed by atoms with van der Waals surface area (Å²) in [6.45, 7) is 11.7. The Labute approximate surface area is 218 Å². The van der Waals surface area contributed by atoms with Crippen molar-refractivity contribution in [3.63, 3.8) is 0 Å². The Morgan fingerprint density at radius 3 is 2.76 bits per heavy atom. The molecule has 3 aromatic rings. The van der Waals surface area contributed by atoms with E-state index >= 15 is 0 Å². The topological polar surface area (TPSA) is 106 Å². The third-order valence-electron chi connectivity index (χ3n) is 7.45. The maximum atomic E-state index is 10.0. The van der Waals surface area contributed by atoms with E-state index in [9.17, 15) is 10.4 Å². The molecule has 0 spiro atoms. The molecule has 2 aliphatic heterocycles. The van der Waals surface area contributed by atoms with Crippen LogP contribution >= 0.6 is 0 Å². The Kier molecular flexibility index (Phi) is 6.86. The highest BCUT2D eigenvalue weighted by Crippen LogP contribution is 2.41. The summed E-state index contributed by atoms with van der Waals surface area (Å²) in [5.74, 6) is 0.494. The normalized spacial score (nSPS) is 23.2. The summed E-state index contributed by atoms with van der Waals surface area (Å²) in [5.41, 5.74) is 6.77. The highest BCUT2D eigenvalue weighted by atomic mass is 16.5. The van der Waals surface area contributed by atoms with E-state index in [4.69, 9.17) is 9.72 Å². The first-order chi connectivity index (χ1) is 17.8. The van der Waals surface area contributed by atoms with Crippen molar-refractivity contribution in [2.75, 3.05) is 36.9 Å². The molecule has 0 bridgehead atoms. The largest absolute Gasteiger partial charge is 0.395 e. The summed E-state index contributed by atoms with van der Waals surface area (Å²) in [5, 5.41) is 26.5. The van der Waals surface area contributed by atoms with Crippen molar-refractivity contribution in [2.24, 2.45) is 0 Å². The van der Waals surface area contributed by atoms with Crippen molar-refractivity contribution in [2.45, 2.75) is 51.9 Å². The maximum absolute atomic E-state index is 10.0. The standard InChI is InChI=1S/C29H34N6O2/c1-18-13-35(14-19(2)37-18)15-21-6-5-7-25(20(21)3)33-28-31-9-8-26(34-28)22-10-23(12-30)27-24(11-22)29(4,17-36)16-32-27/h5-11,18-19,32,36H,13-17H2,1-4H3,(H,31,33,34)/t18?,19?,29-/m1/s1. The second kappa shape index (κ2) is 10.1. The summed E-state index contributed by atoms with van der Waals surface area (Å²) in [6.07, 6.45) is 2.19. The molecule has 3 heterocycles. The number of rotatable bonds is 6. The van der Waals surface area contributed by atoms with E-state index in [-0.39, 0.29) is 18.8 Å². The van der Waals surface area contributed by atoms with Gasteiger partial charge in [-0.25, -0.2) is 9.97 Å². The fraction of sp³-hybridized carbons (Fsp3) is 0.414. The SMILES string of the molecule is Cc1c(CN2CC(C)OC(C)C2)cccc1Nc1nccc(-c2cc(C#N)c3c(c2)[C@@](C)(CO)CN3)n1. The number of nitrogens with zero attached hydrogens (tertiary/aromatic N) is 4. The number of hydrogen-bond acceptors (Lipinski definition) is 8. The van der Waals surface area contributed by atoms with Gasteiger partial charge in [-0.3, -0.25) is 4.90 Å². The van der Waals surface area contributed by atoms with Crippen LogP contribution in [0, 0.1) is 18.3 Å². The molecule has 5 rings (SSSR count). The second-order valence-corrected chi connectivity index (χ2v) is 10.6. The van der Waals surface area contributed by atoms with Gasteiger partial charge in [0.05, 0.1) is 35.8 Å². The van der Waals surface area contributed by atoms with E-state index in [0.717, 1.165) is 47.7 Å². The van der Waals surface area contributed by atoms with Crippen molar-refractivity contribution in [1.82, 2.24) is 14.9 Å². The highest BCUT2D eigenvalue weighted by molar-refractivity contribution is 5.76. The fourth-order valence-corrected chi connectivity index (χ4v) is 5.41. The highest BCUT2D eigenvalue weighted by Gasteiger charge is 2.36. The number of benzene rings is 2. The van der Waals surface area contributed by atoms with Crippen LogP contribution in [0.25, 0.3) is 11.3 Å². The summed E-state index contributed by atoms with van der Waals surface area (Å²) >= 11 is 0. The first-order valence-electron chi connectivity index (χ1n) is 12.8. The molecule has 2 aromatic carbocycles. The number of morpholine rings is 1. The van der Waals surface area contributed by atoms with Gasteiger partial charge in [-0.1, -0.05) is 19.1 Å². The first kappa shape index (κ1) is 25.2. The molecule has 8 nitrogen and oxygen atoms in total. The molecule has 0 amide bonds. The van der Waals surface area contributed by atoms with Crippen molar-refractivity contribution in [3.8, 4) is 17.3 Å². The van der Waals surface area contributed by atoms with Crippen LogP contribution < -0.4 is 10.6 Å². The number of hydrogen-bond donors (Lipinski definition) is 3. The van der Waals surface area contributed by atoms with Gasteiger partial charge in [-0.15, -0.1) is 0 Å². The minimum absolute atomic E-state index is 0.00417. The van der Waals surface area contributed by atoms with Gasteiger partial charge in [0, 0.05) is 49.0 Å². The van der Waals surface area contributed by atoms with E-state index in [0.29, 0.717) is 23.8 Å². The van der Waals surface area contributed by atoms with Gasteiger partial charge >= 0.3 is 0 Å². The van der Waals surface area contributed by atoms with Crippen LogP contribution in [0.2, 0.25) is 0 Å². The second-order valence-electron chi connectivity index (χ2n) is 10.6. The number of aromatic nitrogens is 2. The number of aliphatic hydroxyl groups excluding tert-OH is 1. The van der Waals surface area contributed by atoms with Crippen LogP contribution in [-0.4, -0.2) is 58.4 Å². The van der Waals surface area contributed by atoms with Gasteiger partial charge in [-0.2, -0.15) is 5.26 Å². The number of anilines is 3. The smallest absolute Gasteiger partial charge is 0.227 e. The van der Waals surface area contributed by atoms with Gasteiger partial charge in [0.1, 0.15) is 6.07 Å². The van der Waals surface area contributed by atoms with Crippen LogP contribution in [-0.2, 0) is 16.7 Å². The number of fused-ring (bicyclic) bond motifs is 1. The maximum Gasteiger partial charge on any atom is 0.227 e. The Hall–Kier alpha value is -3.51. The molecular formula is C29H34N6O2. The van der Waals surface area contributed by atoms with Gasteiger partial charge in [0.15, 0.2) is 0 Å². The Morgan fingerprint density at radius 1 is 1.24 bits per heavy atom. The lowest BCUT2D eigenvalue weighted by Crippen LogP contribution is -2.44. The third kappa shape index (κ3) is 5.03. The summed E-state index contributed by atoms with van der Waals surface area (Å²) in [6, 6.07) is 14.3. The van der Waals surface area contributed by atoms with Crippen molar-refractivity contribution < 1.29 is 9.84 Å². The zero-order chi connectivity index (χ0) is 26.2. The molecule has 0 radical (unpaired) electrons. The molecule has 1 fully saturated rings. The average molecular weight is 499 g/mol. The monoisotopic (exact) mass is 498 g/mol. The van der Waals surface area contributed by atoms with Crippen molar-refractivity contribution >= 4 is 17.3 Å². The van der Waals surface area contributed by atoms with E-state index < -0.39 is 5.41 Å². The minimum atomic E-state index is -0.446. The Bertz CT molecular complexity index is 1340. The van der Waals surface area contributed by atoms with E-state index in [1.54, 1.807) is 6.20 Å². The fourth-order valence-electron chi connectivity index (χ4n) is 5.41. The zero-order valence-electron chi connectivity index (χ0n) is 21.9. The molecule has 1 aromatic heterocycles. The Balaban J connectivity index is 1.41. The van der Waals surface area contributed by atoms with Gasteiger partial charge in [0.25, 0.3) is 0 Å². The molecule has 1 saturated heterocycles. The van der Waals surface area contributed by atoms with Crippen LogP contribution in [0.5, 0.6) is 0 Å². The molecule has 2 aliphatic rings. The summed E-state index contributed by atoms with van der Waals surface area (Å²) in [7, 11) is 0. The summed E-state index contributed by atoms with van der Waals surface area (Å²) in [4.78, 5) is 11.7. The van der Waals surface area contributed by atoms with E-state index in [2.05, 4.69) is 59.5 Å². The zero-order valence-corrected chi connectivity index (χ0v) is 21.9. The number of nitriles is 1. The molecule has 3 atom stereocenters. The quantitative estimate of drug-likeness (QED) is 0.461. The van der Waals surface area contributed by atoms with E-state index in [1.165, 1.54) is 5.56 Å².